The van der Waals surface area contributed by atoms with Crippen molar-refractivity contribution in [3.05, 3.63) is 30.3 Å². The Morgan fingerprint density at radius 3 is 2.80 bits per heavy atom. The zero-order chi connectivity index (χ0) is 10.5. The second kappa shape index (κ2) is 5.54. The summed E-state index contributed by atoms with van der Waals surface area (Å²) >= 11 is 1.89. The summed E-state index contributed by atoms with van der Waals surface area (Å²) in [5.41, 5.74) is 0. The molecule has 1 fully saturated rings. The number of aliphatic hydroxyl groups is 1. The van der Waals surface area contributed by atoms with Crippen molar-refractivity contribution < 1.29 is 5.11 Å². The second-order valence-corrected chi connectivity index (χ2v) is 5.07. The van der Waals surface area contributed by atoms with Crippen molar-refractivity contribution in [1.29, 1.82) is 0 Å². The summed E-state index contributed by atoms with van der Waals surface area (Å²) in [6, 6.07) is 10.5. The largest absolute Gasteiger partial charge is 0.392 e. The van der Waals surface area contributed by atoms with Gasteiger partial charge in [-0.1, -0.05) is 18.2 Å². The van der Waals surface area contributed by atoms with E-state index in [9.17, 15) is 5.11 Å². The van der Waals surface area contributed by atoms with E-state index in [0.29, 0.717) is 0 Å². The first-order valence-corrected chi connectivity index (χ1v) is 6.41. The molecule has 1 atom stereocenters. The zero-order valence-electron chi connectivity index (χ0n) is 8.80. The maximum atomic E-state index is 9.37. The van der Waals surface area contributed by atoms with Gasteiger partial charge in [-0.25, -0.2) is 0 Å². The molecule has 2 nitrogen and oxygen atoms in total. The topological polar surface area (TPSA) is 23.5 Å². The number of β-amino-alcohol motifs (C(OH)–C–C–N with tert-alkyl or cyclic N) is 1. The van der Waals surface area contributed by atoms with Gasteiger partial charge in [-0.05, 0) is 18.6 Å². The Balaban J connectivity index is 1.67. The Bertz CT molecular complexity index is 291. The quantitative estimate of drug-likeness (QED) is 0.788. The zero-order valence-corrected chi connectivity index (χ0v) is 9.62. The lowest BCUT2D eigenvalue weighted by molar-refractivity contribution is 0.178. The molecule has 0 bridgehead atoms. The molecule has 0 amide bonds. The number of benzene rings is 1. The van der Waals surface area contributed by atoms with Crippen LogP contribution in [0.25, 0.3) is 0 Å². The summed E-state index contributed by atoms with van der Waals surface area (Å²) in [6.45, 7) is 2.99. The highest BCUT2D eigenvalue weighted by Gasteiger charge is 2.19. The predicted octanol–water partition coefficient (Wildman–Crippen LogP) is 1.85. The number of likely N-dealkylation sites (tertiary alicyclic amines) is 1. The molecule has 0 aromatic heterocycles. The van der Waals surface area contributed by atoms with E-state index in [1.165, 1.54) is 4.90 Å². The van der Waals surface area contributed by atoms with Crippen molar-refractivity contribution in [2.24, 2.45) is 0 Å². The molecule has 0 aliphatic carbocycles. The van der Waals surface area contributed by atoms with Gasteiger partial charge in [-0.2, -0.15) is 0 Å². The number of hydrogen-bond donors (Lipinski definition) is 1. The lowest BCUT2D eigenvalue weighted by Crippen LogP contribution is -2.24. The standard InChI is InChI=1S/C12H17NOS/c14-11-6-7-13(10-11)8-9-15-12-4-2-1-3-5-12/h1-5,11,14H,6-10H2/t11-/m0/s1. The fourth-order valence-corrected chi connectivity index (χ4v) is 2.76. The van der Waals surface area contributed by atoms with Crippen LogP contribution in [-0.4, -0.2) is 41.5 Å². The Hall–Kier alpha value is -0.510. The summed E-state index contributed by atoms with van der Waals surface area (Å²) < 4.78 is 0. The second-order valence-electron chi connectivity index (χ2n) is 3.90. The van der Waals surface area contributed by atoms with Crippen LogP contribution in [0.4, 0.5) is 0 Å². The molecule has 3 heteroatoms. The number of rotatable bonds is 4. The Kier molecular flexibility index (Phi) is 4.06. The first kappa shape index (κ1) is 11.0. The number of nitrogens with zero attached hydrogens (tertiary/aromatic N) is 1. The SMILES string of the molecule is O[C@H]1CCN(CCSc2ccccc2)C1. The van der Waals surface area contributed by atoms with E-state index in [1.807, 2.05) is 17.8 Å². The van der Waals surface area contributed by atoms with Crippen LogP contribution in [0.2, 0.25) is 0 Å². The van der Waals surface area contributed by atoms with E-state index < -0.39 is 0 Å². The van der Waals surface area contributed by atoms with Gasteiger partial charge in [-0.15, -0.1) is 11.8 Å². The fourth-order valence-electron chi connectivity index (χ4n) is 1.82. The molecule has 1 aliphatic heterocycles. The number of hydrogen-bond acceptors (Lipinski definition) is 3. The van der Waals surface area contributed by atoms with Gasteiger partial charge >= 0.3 is 0 Å². The highest BCUT2D eigenvalue weighted by atomic mass is 32.2. The van der Waals surface area contributed by atoms with Crippen molar-refractivity contribution in [2.45, 2.75) is 17.4 Å². The molecule has 0 spiro atoms. The van der Waals surface area contributed by atoms with Gasteiger partial charge in [-0.3, -0.25) is 4.90 Å². The van der Waals surface area contributed by atoms with Crippen molar-refractivity contribution in [2.75, 3.05) is 25.4 Å². The molecule has 0 saturated carbocycles. The maximum Gasteiger partial charge on any atom is 0.0679 e. The molecular weight excluding hydrogens is 206 g/mol. The van der Waals surface area contributed by atoms with Crippen LogP contribution in [0.15, 0.2) is 35.2 Å². The molecule has 2 rings (SSSR count). The van der Waals surface area contributed by atoms with Crippen LogP contribution < -0.4 is 0 Å². The Morgan fingerprint density at radius 2 is 2.13 bits per heavy atom. The third kappa shape index (κ3) is 3.52. The van der Waals surface area contributed by atoms with Crippen molar-refractivity contribution in [3.63, 3.8) is 0 Å². The molecule has 1 heterocycles. The predicted molar refractivity (Wildman–Crippen MR) is 64.2 cm³/mol. The highest BCUT2D eigenvalue weighted by Crippen LogP contribution is 2.18. The normalized spacial score (nSPS) is 22.1. The lowest BCUT2D eigenvalue weighted by Gasteiger charge is -2.13. The molecule has 1 aliphatic rings. The van der Waals surface area contributed by atoms with Gasteiger partial charge < -0.3 is 5.11 Å². The van der Waals surface area contributed by atoms with E-state index in [0.717, 1.165) is 31.8 Å². The van der Waals surface area contributed by atoms with Gasteiger partial charge in [0, 0.05) is 30.3 Å². The minimum Gasteiger partial charge on any atom is -0.392 e. The third-order valence-corrected chi connectivity index (χ3v) is 3.66. The molecule has 1 aromatic carbocycles. The van der Waals surface area contributed by atoms with Crippen LogP contribution >= 0.6 is 11.8 Å². The van der Waals surface area contributed by atoms with Gasteiger partial charge in [0.25, 0.3) is 0 Å². The maximum absolute atomic E-state index is 9.37. The van der Waals surface area contributed by atoms with Crippen LogP contribution in [-0.2, 0) is 0 Å². The van der Waals surface area contributed by atoms with Gasteiger partial charge in [0.15, 0.2) is 0 Å². The summed E-state index contributed by atoms with van der Waals surface area (Å²) in [5, 5.41) is 9.37. The van der Waals surface area contributed by atoms with Crippen LogP contribution in [0, 0.1) is 0 Å². The van der Waals surface area contributed by atoms with Crippen molar-refractivity contribution in [3.8, 4) is 0 Å². The molecule has 0 radical (unpaired) electrons. The molecule has 0 unspecified atom stereocenters. The van der Waals surface area contributed by atoms with E-state index in [4.69, 9.17) is 0 Å². The third-order valence-electron chi connectivity index (χ3n) is 2.67. The van der Waals surface area contributed by atoms with E-state index in [2.05, 4.69) is 29.2 Å². The van der Waals surface area contributed by atoms with Gasteiger partial charge in [0.05, 0.1) is 6.10 Å². The summed E-state index contributed by atoms with van der Waals surface area (Å²) in [6.07, 6.45) is 0.849. The molecule has 1 saturated heterocycles. The molecule has 82 valence electrons. The molecular formula is C12H17NOS. The first-order valence-electron chi connectivity index (χ1n) is 5.43. The summed E-state index contributed by atoms with van der Waals surface area (Å²) in [4.78, 5) is 3.66. The minimum atomic E-state index is -0.0910. The van der Waals surface area contributed by atoms with E-state index in [1.54, 1.807) is 0 Å². The van der Waals surface area contributed by atoms with E-state index >= 15 is 0 Å². The van der Waals surface area contributed by atoms with E-state index in [-0.39, 0.29) is 6.10 Å². The minimum absolute atomic E-state index is 0.0910. The van der Waals surface area contributed by atoms with Crippen LogP contribution in [0.5, 0.6) is 0 Å². The molecule has 1 aromatic rings. The van der Waals surface area contributed by atoms with Crippen LogP contribution in [0.3, 0.4) is 0 Å². The van der Waals surface area contributed by atoms with Gasteiger partial charge in [0.1, 0.15) is 0 Å². The lowest BCUT2D eigenvalue weighted by atomic mass is 10.3. The van der Waals surface area contributed by atoms with Crippen molar-refractivity contribution in [1.82, 2.24) is 4.90 Å². The van der Waals surface area contributed by atoms with Gasteiger partial charge in [0.2, 0.25) is 0 Å². The Morgan fingerprint density at radius 1 is 1.33 bits per heavy atom. The fraction of sp³-hybridized carbons (Fsp3) is 0.500. The van der Waals surface area contributed by atoms with Crippen LogP contribution in [0.1, 0.15) is 6.42 Å². The molecule has 1 N–H and O–H groups in total. The number of thioether (sulfide) groups is 1. The van der Waals surface area contributed by atoms with Crippen molar-refractivity contribution >= 4 is 11.8 Å². The summed E-state index contributed by atoms with van der Waals surface area (Å²) in [7, 11) is 0. The molecule has 15 heavy (non-hydrogen) atoms. The summed E-state index contributed by atoms with van der Waals surface area (Å²) in [5.74, 6) is 1.11. The average Bonchev–Trinajstić information content (AvgIpc) is 2.66. The average molecular weight is 223 g/mol. The Labute approximate surface area is 95.3 Å². The monoisotopic (exact) mass is 223 g/mol. The smallest absolute Gasteiger partial charge is 0.0679 e. The number of aliphatic hydroxyl groups excluding tert-OH is 1. The first-order chi connectivity index (χ1) is 7.34. The highest BCUT2D eigenvalue weighted by molar-refractivity contribution is 7.99.